The number of nitrogens with one attached hydrogen (secondary N) is 2. The zero-order valence-corrected chi connectivity index (χ0v) is 17.1. The van der Waals surface area contributed by atoms with Gasteiger partial charge >= 0.3 is 5.63 Å². The van der Waals surface area contributed by atoms with Gasteiger partial charge in [-0.15, -0.1) is 0 Å². The molecule has 2 aromatic rings. The van der Waals surface area contributed by atoms with E-state index in [0.717, 1.165) is 62.4 Å². The van der Waals surface area contributed by atoms with E-state index in [0.29, 0.717) is 24.3 Å². The van der Waals surface area contributed by atoms with Gasteiger partial charge in [0.15, 0.2) is 0 Å². The molecule has 4 rings (SSSR count). The Morgan fingerprint density at radius 3 is 2.90 bits per heavy atom. The summed E-state index contributed by atoms with van der Waals surface area (Å²) in [6, 6.07) is 1.83. The first-order valence-electron chi connectivity index (χ1n) is 10.5. The maximum Gasteiger partial charge on any atom is 0.349 e. The molecule has 7 nitrogen and oxygen atoms in total. The second-order valence-corrected chi connectivity index (χ2v) is 8.05. The van der Waals surface area contributed by atoms with Crippen LogP contribution in [0.15, 0.2) is 15.3 Å². The summed E-state index contributed by atoms with van der Waals surface area (Å²) < 4.78 is 5.50. The van der Waals surface area contributed by atoms with Crippen molar-refractivity contribution in [2.45, 2.75) is 58.3 Å². The molecule has 2 aromatic heterocycles. The lowest BCUT2D eigenvalue weighted by Gasteiger charge is -2.22. The molecule has 0 saturated carbocycles. The first-order valence-corrected chi connectivity index (χ1v) is 10.5. The van der Waals surface area contributed by atoms with Crippen molar-refractivity contribution in [1.82, 2.24) is 20.6 Å². The van der Waals surface area contributed by atoms with Crippen LogP contribution in [-0.2, 0) is 19.3 Å². The summed E-state index contributed by atoms with van der Waals surface area (Å²) in [6.07, 6.45) is 5.77. The van der Waals surface area contributed by atoms with Crippen molar-refractivity contribution in [1.29, 1.82) is 0 Å². The van der Waals surface area contributed by atoms with Crippen molar-refractivity contribution >= 4 is 5.91 Å². The van der Waals surface area contributed by atoms with Crippen LogP contribution < -0.4 is 16.3 Å². The largest absolute Gasteiger partial charge is 0.427 e. The van der Waals surface area contributed by atoms with E-state index in [2.05, 4.69) is 20.6 Å². The van der Waals surface area contributed by atoms with E-state index in [4.69, 9.17) is 4.42 Å². The number of amides is 1. The Morgan fingerprint density at radius 2 is 2.14 bits per heavy atom. The zero-order valence-electron chi connectivity index (χ0n) is 17.1. The van der Waals surface area contributed by atoms with Crippen LogP contribution in [0, 0.1) is 13.8 Å². The molecule has 154 valence electrons. The van der Waals surface area contributed by atoms with Crippen molar-refractivity contribution in [3.63, 3.8) is 0 Å². The van der Waals surface area contributed by atoms with Crippen molar-refractivity contribution < 1.29 is 9.21 Å². The molecule has 1 amide bonds. The molecule has 1 aliphatic heterocycles. The van der Waals surface area contributed by atoms with Crippen LogP contribution in [0.1, 0.15) is 69.6 Å². The second-order valence-electron chi connectivity index (χ2n) is 8.05. The van der Waals surface area contributed by atoms with Crippen LogP contribution in [0.3, 0.4) is 0 Å². The monoisotopic (exact) mass is 396 g/mol. The maximum atomic E-state index is 12.6. The van der Waals surface area contributed by atoms with Gasteiger partial charge in [-0.1, -0.05) is 0 Å². The summed E-state index contributed by atoms with van der Waals surface area (Å²) in [6.45, 7) is 5.98. The number of fused-ring (bicyclic) bond motifs is 1. The number of carbonyl (C=O) groups is 1. The Bertz CT molecular complexity index is 977. The highest BCUT2D eigenvalue weighted by Gasteiger charge is 2.22. The third-order valence-corrected chi connectivity index (χ3v) is 5.91. The number of hydrogen-bond acceptors (Lipinski definition) is 6. The second kappa shape index (κ2) is 8.45. The van der Waals surface area contributed by atoms with Crippen LogP contribution in [0.25, 0.3) is 0 Å². The first kappa shape index (κ1) is 19.8. The standard InChI is InChI=1S/C22H28N4O3/c1-13-11-18(15-5-4-9-23-12-15)29-22(28)20(13)21(27)24-10-8-19-25-14(2)16-6-3-7-17(16)26-19/h11,15,23H,3-10,12H2,1-2H3,(H,24,27). The molecule has 1 atom stereocenters. The smallest absolute Gasteiger partial charge is 0.349 e. The zero-order chi connectivity index (χ0) is 20.4. The van der Waals surface area contributed by atoms with Crippen molar-refractivity contribution in [3.05, 3.63) is 56.1 Å². The molecule has 0 aromatic carbocycles. The van der Waals surface area contributed by atoms with Crippen molar-refractivity contribution in [2.75, 3.05) is 19.6 Å². The van der Waals surface area contributed by atoms with Crippen LogP contribution in [0.2, 0.25) is 0 Å². The summed E-state index contributed by atoms with van der Waals surface area (Å²) in [4.78, 5) is 34.3. The van der Waals surface area contributed by atoms with E-state index < -0.39 is 11.5 Å². The lowest BCUT2D eigenvalue weighted by molar-refractivity contribution is 0.0948. The molecule has 7 heteroatoms. The molecule has 3 heterocycles. The quantitative estimate of drug-likeness (QED) is 0.802. The van der Waals surface area contributed by atoms with Gasteiger partial charge in [0.25, 0.3) is 5.91 Å². The summed E-state index contributed by atoms with van der Waals surface area (Å²) in [5.41, 5.74) is 3.64. The molecule has 2 aliphatic rings. The van der Waals surface area contributed by atoms with Gasteiger partial charge in [0.1, 0.15) is 17.1 Å². The number of nitrogens with zero attached hydrogens (tertiary/aromatic N) is 2. The molecule has 1 saturated heterocycles. The highest BCUT2D eigenvalue weighted by Crippen LogP contribution is 2.24. The van der Waals surface area contributed by atoms with Crippen molar-refractivity contribution in [2.24, 2.45) is 0 Å². The molecule has 1 aliphatic carbocycles. The Hall–Kier alpha value is -2.54. The number of carbonyl (C=O) groups excluding carboxylic acids is 1. The predicted molar refractivity (Wildman–Crippen MR) is 109 cm³/mol. The Morgan fingerprint density at radius 1 is 1.28 bits per heavy atom. The predicted octanol–water partition coefficient (Wildman–Crippen LogP) is 1.97. The fourth-order valence-corrected chi connectivity index (χ4v) is 4.37. The summed E-state index contributed by atoms with van der Waals surface area (Å²) in [5.74, 6) is 1.19. The molecular weight excluding hydrogens is 368 g/mol. The van der Waals surface area contributed by atoms with E-state index in [9.17, 15) is 9.59 Å². The minimum Gasteiger partial charge on any atom is -0.427 e. The molecule has 0 radical (unpaired) electrons. The molecule has 1 unspecified atom stereocenters. The summed E-state index contributed by atoms with van der Waals surface area (Å²) in [7, 11) is 0. The molecule has 0 spiro atoms. The van der Waals surface area contributed by atoms with Crippen molar-refractivity contribution in [3.8, 4) is 0 Å². The van der Waals surface area contributed by atoms with Gasteiger partial charge in [-0.3, -0.25) is 4.79 Å². The van der Waals surface area contributed by atoms with Gasteiger partial charge in [-0.05, 0) is 69.7 Å². The average molecular weight is 396 g/mol. The van der Waals surface area contributed by atoms with Gasteiger partial charge < -0.3 is 15.1 Å². The lowest BCUT2D eigenvalue weighted by Crippen LogP contribution is -2.32. The van der Waals surface area contributed by atoms with E-state index in [1.54, 1.807) is 6.92 Å². The number of piperidine rings is 1. The molecular formula is C22H28N4O3. The van der Waals surface area contributed by atoms with E-state index >= 15 is 0 Å². The van der Waals surface area contributed by atoms with Gasteiger partial charge in [-0.2, -0.15) is 0 Å². The Kier molecular flexibility index (Phi) is 5.76. The van der Waals surface area contributed by atoms with E-state index in [1.165, 1.54) is 5.56 Å². The van der Waals surface area contributed by atoms with E-state index in [1.807, 2.05) is 13.0 Å². The number of aryl methyl sites for hydroxylation is 3. The number of hydrogen-bond donors (Lipinski definition) is 2. The fourth-order valence-electron chi connectivity index (χ4n) is 4.37. The van der Waals surface area contributed by atoms with Gasteiger partial charge in [0.2, 0.25) is 0 Å². The lowest BCUT2D eigenvalue weighted by atomic mass is 9.95. The summed E-state index contributed by atoms with van der Waals surface area (Å²) >= 11 is 0. The van der Waals surface area contributed by atoms with Gasteiger partial charge in [0, 0.05) is 36.8 Å². The van der Waals surface area contributed by atoms with Crippen LogP contribution >= 0.6 is 0 Å². The fraction of sp³-hybridized carbons (Fsp3) is 0.545. The minimum absolute atomic E-state index is 0.0866. The average Bonchev–Trinajstić information content (AvgIpc) is 3.17. The maximum absolute atomic E-state index is 12.6. The van der Waals surface area contributed by atoms with Crippen LogP contribution in [0.5, 0.6) is 0 Å². The highest BCUT2D eigenvalue weighted by molar-refractivity contribution is 5.95. The third kappa shape index (κ3) is 4.24. The molecule has 2 N–H and O–H groups in total. The van der Waals surface area contributed by atoms with E-state index in [-0.39, 0.29) is 11.5 Å². The van der Waals surface area contributed by atoms with Gasteiger partial charge in [0.05, 0.1) is 0 Å². The first-order chi connectivity index (χ1) is 14.0. The Balaban J connectivity index is 1.41. The minimum atomic E-state index is -0.562. The number of rotatable bonds is 5. The van der Waals surface area contributed by atoms with Crippen LogP contribution in [-0.4, -0.2) is 35.5 Å². The third-order valence-electron chi connectivity index (χ3n) is 5.91. The highest BCUT2D eigenvalue weighted by atomic mass is 16.4. The Labute approximate surface area is 170 Å². The molecule has 0 bridgehead atoms. The summed E-state index contributed by atoms with van der Waals surface area (Å²) in [5, 5.41) is 6.14. The number of aromatic nitrogens is 2. The topological polar surface area (TPSA) is 97.1 Å². The SMILES string of the molecule is Cc1cc(C2CCCNC2)oc(=O)c1C(=O)NCCc1nc(C)c2c(n1)CCC2. The molecule has 1 fully saturated rings. The normalized spacial score (nSPS) is 18.5. The molecule has 29 heavy (non-hydrogen) atoms. The van der Waals surface area contributed by atoms with Crippen LogP contribution in [0.4, 0.5) is 0 Å². The van der Waals surface area contributed by atoms with Gasteiger partial charge in [-0.25, -0.2) is 14.8 Å².